The third-order valence-corrected chi connectivity index (χ3v) is 3.72. The van der Waals surface area contributed by atoms with Gasteiger partial charge in [0.05, 0.1) is 0 Å². The average molecular weight is 339 g/mol. The summed E-state index contributed by atoms with van der Waals surface area (Å²) in [5.74, 6) is 0.294. The van der Waals surface area contributed by atoms with Gasteiger partial charge in [0.2, 0.25) is 0 Å². The van der Waals surface area contributed by atoms with Gasteiger partial charge in [0.15, 0.2) is 6.61 Å². The lowest BCUT2D eigenvalue weighted by Gasteiger charge is -2.19. The first-order valence-electron chi connectivity index (χ1n) is 7.83. The molecule has 0 aliphatic heterocycles. The number of imidazole rings is 1. The van der Waals surface area contributed by atoms with Gasteiger partial charge in [0, 0.05) is 25.5 Å². The zero-order chi connectivity index (χ0) is 17.6. The van der Waals surface area contributed by atoms with Gasteiger partial charge in [-0.05, 0) is 17.7 Å². The lowest BCUT2D eigenvalue weighted by atomic mass is 10.1. The van der Waals surface area contributed by atoms with Crippen LogP contribution in [0.15, 0.2) is 67.0 Å². The van der Waals surface area contributed by atoms with Crippen molar-refractivity contribution in [1.82, 2.24) is 14.9 Å². The number of ether oxygens (including phenoxy) is 1. The summed E-state index contributed by atoms with van der Waals surface area (Å²) in [5, 5.41) is 2.92. The molecule has 128 valence electrons. The number of hydrogen-bond donors (Lipinski definition) is 1. The highest BCUT2D eigenvalue weighted by atomic mass is 19.1. The highest BCUT2D eigenvalue weighted by molar-refractivity contribution is 5.78. The van der Waals surface area contributed by atoms with Crippen molar-refractivity contribution in [2.75, 3.05) is 6.61 Å². The summed E-state index contributed by atoms with van der Waals surface area (Å²) in [5.41, 5.74) is 0.913. The van der Waals surface area contributed by atoms with Crippen LogP contribution in [0.1, 0.15) is 17.4 Å². The lowest BCUT2D eigenvalue weighted by Crippen LogP contribution is -2.34. The van der Waals surface area contributed by atoms with Crippen molar-refractivity contribution in [1.29, 1.82) is 0 Å². The van der Waals surface area contributed by atoms with Crippen molar-refractivity contribution < 1.29 is 13.9 Å². The summed E-state index contributed by atoms with van der Waals surface area (Å²) in [4.78, 5) is 16.7. The Labute approximate surface area is 145 Å². The SMILES string of the molecule is Cn1ccnc1C(NC(=O)COc1cccc(F)c1)c1ccccc1. The van der Waals surface area contributed by atoms with E-state index < -0.39 is 11.9 Å². The third-order valence-electron chi connectivity index (χ3n) is 3.72. The third kappa shape index (κ3) is 4.23. The minimum atomic E-state index is -0.409. The first kappa shape index (κ1) is 16.7. The van der Waals surface area contributed by atoms with Crippen LogP contribution in [0.4, 0.5) is 4.39 Å². The number of rotatable bonds is 6. The van der Waals surface area contributed by atoms with Gasteiger partial charge in [-0.15, -0.1) is 0 Å². The summed E-state index contributed by atoms with van der Waals surface area (Å²) >= 11 is 0. The number of benzene rings is 2. The maximum Gasteiger partial charge on any atom is 0.258 e. The first-order valence-corrected chi connectivity index (χ1v) is 7.83. The molecule has 6 heteroatoms. The molecule has 0 aliphatic carbocycles. The molecule has 0 radical (unpaired) electrons. The minimum absolute atomic E-state index is 0.211. The standard InChI is InChI=1S/C19H18FN3O2/c1-23-11-10-21-19(23)18(14-6-3-2-4-7-14)22-17(24)13-25-16-9-5-8-15(20)12-16/h2-12,18H,13H2,1H3,(H,22,24). The lowest BCUT2D eigenvalue weighted by molar-refractivity contribution is -0.123. The second-order valence-corrected chi connectivity index (χ2v) is 5.55. The number of nitrogens with zero attached hydrogens (tertiary/aromatic N) is 2. The molecule has 0 bridgehead atoms. The van der Waals surface area contributed by atoms with Crippen LogP contribution in [0.2, 0.25) is 0 Å². The summed E-state index contributed by atoms with van der Waals surface area (Å²) in [7, 11) is 1.87. The molecule has 0 saturated carbocycles. The topological polar surface area (TPSA) is 56.2 Å². The van der Waals surface area contributed by atoms with Crippen LogP contribution in [-0.2, 0) is 11.8 Å². The summed E-state index contributed by atoms with van der Waals surface area (Å²) in [6, 6.07) is 14.9. The number of nitrogens with one attached hydrogen (secondary N) is 1. The van der Waals surface area contributed by atoms with E-state index in [0.29, 0.717) is 11.6 Å². The molecule has 0 saturated heterocycles. The van der Waals surface area contributed by atoms with Crippen LogP contribution in [0, 0.1) is 5.82 Å². The summed E-state index contributed by atoms with van der Waals surface area (Å²) in [6.45, 7) is -0.211. The highest BCUT2D eigenvalue weighted by Crippen LogP contribution is 2.20. The first-order chi connectivity index (χ1) is 12.1. The van der Waals surface area contributed by atoms with Gasteiger partial charge in [-0.1, -0.05) is 36.4 Å². The number of amides is 1. The Morgan fingerprint density at radius 3 is 2.72 bits per heavy atom. The van der Waals surface area contributed by atoms with Crippen LogP contribution >= 0.6 is 0 Å². The van der Waals surface area contributed by atoms with Gasteiger partial charge in [-0.2, -0.15) is 0 Å². The largest absolute Gasteiger partial charge is 0.484 e. The van der Waals surface area contributed by atoms with Crippen LogP contribution in [0.5, 0.6) is 5.75 Å². The fraction of sp³-hybridized carbons (Fsp3) is 0.158. The molecule has 0 spiro atoms. The molecule has 25 heavy (non-hydrogen) atoms. The molecule has 1 unspecified atom stereocenters. The van der Waals surface area contributed by atoms with Crippen molar-refractivity contribution in [2.24, 2.45) is 7.05 Å². The molecule has 0 fully saturated rings. The van der Waals surface area contributed by atoms with E-state index >= 15 is 0 Å². The van der Waals surface area contributed by atoms with Gasteiger partial charge in [0.1, 0.15) is 23.4 Å². The minimum Gasteiger partial charge on any atom is -0.484 e. The smallest absolute Gasteiger partial charge is 0.258 e. The number of halogens is 1. The molecule has 1 amide bonds. The number of aromatic nitrogens is 2. The van der Waals surface area contributed by atoms with Crippen molar-refractivity contribution in [3.63, 3.8) is 0 Å². The monoisotopic (exact) mass is 339 g/mol. The number of hydrogen-bond acceptors (Lipinski definition) is 3. The molecule has 1 N–H and O–H groups in total. The Morgan fingerprint density at radius 2 is 2.04 bits per heavy atom. The maximum absolute atomic E-state index is 13.2. The van der Waals surface area contributed by atoms with Crippen molar-refractivity contribution in [3.8, 4) is 5.75 Å². The van der Waals surface area contributed by atoms with Gasteiger partial charge in [-0.25, -0.2) is 9.37 Å². The van der Waals surface area contributed by atoms with E-state index in [1.165, 1.54) is 18.2 Å². The molecule has 5 nitrogen and oxygen atoms in total. The fourth-order valence-electron chi connectivity index (χ4n) is 2.51. The zero-order valence-corrected chi connectivity index (χ0v) is 13.7. The quantitative estimate of drug-likeness (QED) is 0.751. The van der Waals surface area contributed by atoms with E-state index in [4.69, 9.17) is 4.74 Å². The van der Waals surface area contributed by atoms with Crippen LogP contribution in [0.3, 0.4) is 0 Å². The number of carbonyl (C=O) groups is 1. The zero-order valence-electron chi connectivity index (χ0n) is 13.7. The fourth-order valence-corrected chi connectivity index (χ4v) is 2.51. The van der Waals surface area contributed by atoms with E-state index in [0.717, 1.165) is 5.56 Å². The molecule has 1 heterocycles. The van der Waals surface area contributed by atoms with E-state index in [1.807, 2.05) is 48.1 Å². The molecular formula is C19H18FN3O2. The van der Waals surface area contributed by atoms with E-state index in [2.05, 4.69) is 10.3 Å². The van der Waals surface area contributed by atoms with Crippen LogP contribution in [0.25, 0.3) is 0 Å². The Bertz CT molecular complexity index is 849. The molecule has 3 rings (SSSR count). The maximum atomic E-state index is 13.2. The number of carbonyl (C=O) groups excluding carboxylic acids is 1. The predicted molar refractivity (Wildman–Crippen MR) is 91.5 cm³/mol. The van der Waals surface area contributed by atoms with Crippen molar-refractivity contribution in [2.45, 2.75) is 6.04 Å². The van der Waals surface area contributed by atoms with Gasteiger partial charge >= 0.3 is 0 Å². The number of aryl methyl sites for hydroxylation is 1. The van der Waals surface area contributed by atoms with Crippen molar-refractivity contribution >= 4 is 5.91 Å². The summed E-state index contributed by atoms with van der Waals surface area (Å²) in [6.07, 6.45) is 3.50. The molecule has 1 aromatic heterocycles. The normalized spacial score (nSPS) is 11.8. The molecule has 2 aromatic carbocycles. The van der Waals surface area contributed by atoms with Gasteiger partial charge in [0.25, 0.3) is 5.91 Å². The Morgan fingerprint density at radius 1 is 1.24 bits per heavy atom. The molecule has 0 aliphatic rings. The Hall–Kier alpha value is -3.15. The van der Waals surface area contributed by atoms with Gasteiger partial charge < -0.3 is 14.6 Å². The predicted octanol–water partition coefficient (Wildman–Crippen LogP) is 2.84. The molecule has 3 aromatic rings. The Balaban J connectivity index is 1.72. The summed E-state index contributed by atoms with van der Waals surface area (Å²) < 4.78 is 20.4. The highest BCUT2D eigenvalue weighted by Gasteiger charge is 2.20. The molecular weight excluding hydrogens is 321 g/mol. The van der Waals surface area contributed by atoms with Gasteiger partial charge in [-0.3, -0.25) is 4.79 Å². The van der Waals surface area contributed by atoms with Crippen molar-refractivity contribution in [3.05, 3.63) is 84.2 Å². The molecule has 1 atom stereocenters. The van der Waals surface area contributed by atoms with Crippen LogP contribution in [-0.4, -0.2) is 22.1 Å². The van der Waals surface area contributed by atoms with E-state index in [1.54, 1.807) is 12.3 Å². The van der Waals surface area contributed by atoms with E-state index in [-0.39, 0.29) is 12.5 Å². The Kier molecular flexibility index (Phi) is 5.09. The van der Waals surface area contributed by atoms with Crippen LogP contribution < -0.4 is 10.1 Å². The second-order valence-electron chi connectivity index (χ2n) is 5.55. The van der Waals surface area contributed by atoms with E-state index in [9.17, 15) is 9.18 Å². The average Bonchev–Trinajstić information content (AvgIpc) is 3.04. The second kappa shape index (κ2) is 7.61.